The van der Waals surface area contributed by atoms with Crippen molar-refractivity contribution in [3.8, 4) is 5.75 Å². The summed E-state index contributed by atoms with van der Waals surface area (Å²) in [5.74, 6) is 2.15. The molecule has 3 heteroatoms. The second kappa shape index (κ2) is 7.22. The van der Waals surface area contributed by atoms with Gasteiger partial charge in [0.15, 0.2) is 0 Å². The van der Waals surface area contributed by atoms with Crippen LogP contribution in [0.1, 0.15) is 40.5 Å². The number of nitrogens with one attached hydrogen (secondary N) is 1. The average molecular weight is 308 g/mol. The van der Waals surface area contributed by atoms with Gasteiger partial charge in [0, 0.05) is 12.2 Å². The lowest BCUT2D eigenvalue weighted by Crippen LogP contribution is -2.20. The highest BCUT2D eigenvalue weighted by Crippen LogP contribution is 2.30. The Balaban J connectivity index is 1.92. The highest BCUT2D eigenvalue weighted by Gasteiger charge is 2.17. The first kappa shape index (κ1) is 16.2. The molecule has 1 aromatic rings. The number of benzene rings is 1. The molecule has 0 amide bonds. The largest absolute Gasteiger partial charge is 0.489 e. The van der Waals surface area contributed by atoms with Crippen LogP contribution in [0, 0.1) is 11.8 Å². The molecule has 2 atom stereocenters. The molecule has 2 unspecified atom stereocenters. The summed E-state index contributed by atoms with van der Waals surface area (Å²) in [5, 5.41) is 4.18. The monoisotopic (exact) mass is 307 g/mol. The van der Waals surface area contributed by atoms with Crippen LogP contribution in [0.4, 0.5) is 5.69 Å². The van der Waals surface area contributed by atoms with Crippen LogP contribution in [0.3, 0.4) is 0 Å². The molecule has 1 N–H and O–H groups in total. The molecule has 1 aliphatic carbocycles. The molecule has 116 valence electrons. The predicted molar refractivity (Wildman–Crippen MR) is 91.4 cm³/mol. The summed E-state index contributed by atoms with van der Waals surface area (Å²) < 4.78 is 5.66. The van der Waals surface area contributed by atoms with Gasteiger partial charge in [-0.1, -0.05) is 30.2 Å². The summed E-state index contributed by atoms with van der Waals surface area (Å²) in [4.78, 5) is 0. The van der Waals surface area contributed by atoms with Gasteiger partial charge in [-0.15, -0.1) is 0 Å². The van der Waals surface area contributed by atoms with E-state index in [0.29, 0.717) is 16.9 Å². The zero-order valence-corrected chi connectivity index (χ0v) is 14.2. The van der Waals surface area contributed by atoms with E-state index >= 15 is 0 Å². The maximum Gasteiger partial charge on any atom is 0.138 e. The standard InChI is InChI=1S/C18H26ClNO/c1-12(2)21-18-6-5-16(10-17(18)19)20-11-15-8-13(3)7-14(4)9-15/h5-7,10,12-13,15,20H,8-9,11H2,1-4H3. The van der Waals surface area contributed by atoms with Crippen LogP contribution in [-0.4, -0.2) is 12.6 Å². The first-order chi connectivity index (χ1) is 9.94. The molecule has 0 aliphatic heterocycles. The van der Waals surface area contributed by atoms with Crippen LogP contribution < -0.4 is 10.1 Å². The summed E-state index contributed by atoms with van der Waals surface area (Å²) in [5.41, 5.74) is 2.58. The molecule has 0 heterocycles. The van der Waals surface area contributed by atoms with Crippen molar-refractivity contribution in [1.82, 2.24) is 0 Å². The van der Waals surface area contributed by atoms with Gasteiger partial charge in [-0.05, 0) is 63.6 Å². The van der Waals surface area contributed by atoms with Crippen molar-refractivity contribution in [2.45, 2.75) is 46.6 Å². The zero-order chi connectivity index (χ0) is 15.4. The minimum absolute atomic E-state index is 0.139. The number of hydrogen-bond donors (Lipinski definition) is 1. The molecule has 0 spiro atoms. The van der Waals surface area contributed by atoms with E-state index in [0.717, 1.165) is 18.0 Å². The zero-order valence-electron chi connectivity index (χ0n) is 13.4. The lowest BCUT2D eigenvalue weighted by atomic mass is 9.84. The molecule has 2 rings (SSSR count). The predicted octanol–water partition coefficient (Wildman–Crippen LogP) is 5.53. The van der Waals surface area contributed by atoms with Crippen molar-refractivity contribution in [2.24, 2.45) is 11.8 Å². The van der Waals surface area contributed by atoms with E-state index in [1.807, 2.05) is 32.0 Å². The van der Waals surface area contributed by atoms with Gasteiger partial charge in [-0.25, -0.2) is 0 Å². The highest BCUT2D eigenvalue weighted by atomic mass is 35.5. The molecule has 0 fully saturated rings. The molecule has 0 aromatic heterocycles. The lowest BCUT2D eigenvalue weighted by molar-refractivity contribution is 0.242. The Kier molecular flexibility index (Phi) is 5.58. The van der Waals surface area contributed by atoms with Crippen LogP contribution in [0.5, 0.6) is 5.75 Å². The minimum Gasteiger partial charge on any atom is -0.489 e. The van der Waals surface area contributed by atoms with Crippen molar-refractivity contribution < 1.29 is 4.74 Å². The smallest absolute Gasteiger partial charge is 0.138 e. The molecular formula is C18H26ClNO. The van der Waals surface area contributed by atoms with Crippen LogP contribution in [0.2, 0.25) is 5.02 Å². The Bertz CT molecular complexity index is 510. The summed E-state index contributed by atoms with van der Waals surface area (Å²) >= 11 is 6.27. The molecule has 2 nitrogen and oxygen atoms in total. The number of ether oxygens (including phenoxy) is 1. The Hall–Kier alpha value is -1.15. The van der Waals surface area contributed by atoms with Crippen LogP contribution >= 0.6 is 11.6 Å². The lowest BCUT2D eigenvalue weighted by Gasteiger charge is -2.26. The van der Waals surface area contributed by atoms with Crippen LogP contribution in [0.25, 0.3) is 0 Å². The summed E-state index contributed by atoms with van der Waals surface area (Å²) in [6.45, 7) is 9.53. The van der Waals surface area contributed by atoms with E-state index in [1.54, 1.807) is 0 Å². The van der Waals surface area contributed by atoms with Gasteiger partial charge in [-0.3, -0.25) is 0 Å². The van der Waals surface area contributed by atoms with Crippen molar-refractivity contribution in [3.63, 3.8) is 0 Å². The maximum atomic E-state index is 6.27. The number of anilines is 1. The maximum absolute atomic E-state index is 6.27. The summed E-state index contributed by atoms with van der Waals surface area (Å²) in [6, 6.07) is 5.94. The van der Waals surface area contributed by atoms with Crippen LogP contribution in [-0.2, 0) is 0 Å². The molecule has 0 radical (unpaired) electrons. The average Bonchev–Trinajstić information content (AvgIpc) is 2.38. The van der Waals surface area contributed by atoms with E-state index in [2.05, 4.69) is 25.2 Å². The third kappa shape index (κ3) is 4.96. The van der Waals surface area contributed by atoms with Crippen LogP contribution in [0.15, 0.2) is 29.8 Å². The first-order valence-corrected chi connectivity index (χ1v) is 8.19. The number of rotatable bonds is 5. The van der Waals surface area contributed by atoms with Gasteiger partial charge >= 0.3 is 0 Å². The molecule has 0 saturated heterocycles. The third-order valence-corrected chi connectivity index (χ3v) is 4.07. The fraction of sp³-hybridized carbons (Fsp3) is 0.556. The van der Waals surface area contributed by atoms with E-state index in [-0.39, 0.29) is 6.10 Å². The number of halogens is 1. The van der Waals surface area contributed by atoms with Gasteiger partial charge in [-0.2, -0.15) is 0 Å². The quantitative estimate of drug-likeness (QED) is 0.722. The van der Waals surface area contributed by atoms with E-state index in [4.69, 9.17) is 16.3 Å². The van der Waals surface area contributed by atoms with Crippen molar-refractivity contribution in [1.29, 1.82) is 0 Å². The first-order valence-electron chi connectivity index (χ1n) is 7.81. The molecule has 0 bridgehead atoms. The Morgan fingerprint density at radius 2 is 2.14 bits per heavy atom. The van der Waals surface area contributed by atoms with Gasteiger partial charge in [0.25, 0.3) is 0 Å². The van der Waals surface area contributed by atoms with Crippen molar-refractivity contribution in [3.05, 3.63) is 34.9 Å². The second-order valence-corrected chi connectivity index (χ2v) is 6.90. The van der Waals surface area contributed by atoms with Gasteiger partial charge in [0.1, 0.15) is 5.75 Å². The second-order valence-electron chi connectivity index (χ2n) is 6.49. The fourth-order valence-electron chi connectivity index (χ4n) is 3.06. The van der Waals surface area contributed by atoms with E-state index in [9.17, 15) is 0 Å². The molecule has 1 aliphatic rings. The SMILES string of the molecule is CC1=CC(C)CC(CNc2ccc(OC(C)C)c(Cl)c2)C1. The van der Waals surface area contributed by atoms with Gasteiger partial charge in [0.2, 0.25) is 0 Å². The number of allylic oxidation sites excluding steroid dienone is 2. The normalized spacial score (nSPS) is 22.1. The molecule has 21 heavy (non-hydrogen) atoms. The Morgan fingerprint density at radius 3 is 2.76 bits per heavy atom. The molecule has 1 aromatic carbocycles. The Labute approximate surface area is 133 Å². The Morgan fingerprint density at radius 1 is 1.38 bits per heavy atom. The van der Waals surface area contributed by atoms with Gasteiger partial charge < -0.3 is 10.1 Å². The van der Waals surface area contributed by atoms with Gasteiger partial charge in [0.05, 0.1) is 11.1 Å². The fourth-order valence-corrected chi connectivity index (χ4v) is 3.29. The topological polar surface area (TPSA) is 21.3 Å². The van der Waals surface area contributed by atoms with Crippen molar-refractivity contribution >= 4 is 17.3 Å². The summed E-state index contributed by atoms with van der Waals surface area (Å²) in [7, 11) is 0. The molecule has 0 saturated carbocycles. The highest BCUT2D eigenvalue weighted by molar-refractivity contribution is 6.32. The third-order valence-electron chi connectivity index (χ3n) is 3.77. The van der Waals surface area contributed by atoms with Crippen molar-refractivity contribution in [2.75, 3.05) is 11.9 Å². The minimum atomic E-state index is 0.139. The summed E-state index contributed by atoms with van der Waals surface area (Å²) in [6.07, 6.45) is 4.98. The molecular weight excluding hydrogens is 282 g/mol. The van der Waals surface area contributed by atoms with E-state index < -0.39 is 0 Å². The number of hydrogen-bond acceptors (Lipinski definition) is 2. The van der Waals surface area contributed by atoms with E-state index in [1.165, 1.54) is 18.4 Å².